The smallest absolute Gasteiger partial charge is 0.267 e. The molecule has 4 rings (SSSR count). The predicted octanol–water partition coefficient (Wildman–Crippen LogP) is 0.336. The molecule has 0 spiro atoms. The van der Waals surface area contributed by atoms with Crippen LogP contribution >= 0.6 is 0 Å². The molecule has 12 heteroatoms. The van der Waals surface area contributed by atoms with Crippen molar-refractivity contribution < 1.29 is 14.3 Å². The number of anilines is 1. The van der Waals surface area contributed by atoms with Gasteiger partial charge in [0.25, 0.3) is 5.91 Å². The van der Waals surface area contributed by atoms with Gasteiger partial charge in [-0.2, -0.15) is 5.26 Å². The maximum atomic E-state index is 12.6. The van der Waals surface area contributed by atoms with Gasteiger partial charge in [-0.15, -0.1) is 0 Å². The molecule has 12 nitrogen and oxygen atoms in total. The van der Waals surface area contributed by atoms with E-state index in [4.69, 9.17) is 15.7 Å². The highest BCUT2D eigenvalue weighted by Gasteiger charge is 2.26. The number of imidazole rings is 1. The second kappa shape index (κ2) is 10.2. The van der Waals surface area contributed by atoms with E-state index in [1.165, 1.54) is 18.5 Å². The maximum Gasteiger partial charge on any atom is 0.267 e. The van der Waals surface area contributed by atoms with Crippen molar-refractivity contribution in [2.45, 2.75) is 25.4 Å². The van der Waals surface area contributed by atoms with Crippen molar-refractivity contribution >= 4 is 28.9 Å². The van der Waals surface area contributed by atoms with Gasteiger partial charge < -0.3 is 24.8 Å². The van der Waals surface area contributed by atoms with Crippen LogP contribution in [0.3, 0.4) is 0 Å². The van der Waals surface area contributed by atoms with Crippen LogP contribution in [0.1, 0.15) is 28.9 Å². The number of ether oxygens (including phenoxy) is 1. The van der Waals surface area contributed by atoms with E-state index >= 15 is 0 Å². The fourth-order valence-electron chi connectivity index (χ4n) is 3.86. The average molecular weight is 464 g/mol. The summed E-state index contributed by atoms with van der Waals surface area (Å²) in [5.41, 5.74) is 7.09. The molecule has 0 bridgehead atoms. The SMILES string of the molecule is CN(C(=O)COCCn1cnc2ccc(C(N)=O)nc21)C1CCN(c2ncc(C#N)cn2)CC1. The fourth-order valence-corrected chi connectivity index (χ4v) is 3.86. The maximum absolute atomic E-state index is 12.6. The molecule has 176 valence electrons. The van der Waals surface area contributed by atoms with Crippen LogP contribution < -0.4 is 10.6 Å². The Morgan fingerprint density at radius 1 is 1.24 bits per heavy atom. The third-order valence-electron chi connectivity index (χ3n) is 5.87. The van der Waals surface area contributed by atoms with Gasteiger partial charge in [0.15, 0.2) is 5.65 Å². The number of rotatable bonds is 8. The largest absolute Gasteiger partial charge is 0.370 e. The Balaban J connectivity index is 1.22. The molecule has 1 fully saturated rings. The van der Waals surface area contributed by atoms with Crippen molar-refractivity contribution in [3.63, 3.8) is 0 Å². The zero-order valence-corrected chi connectivity index (χ0v) is 18.8. The van der Waals surface area contributed by atoms with Gasteiger partial charge in [0.2, 0.25) is 11.9 Å². The number of aromatic nitrogens is 5. The van der Waals surface area contributed by atoms with Gasteiger partial charge >= 0.3 is 0 Å². The Labute approximate surface area is 196 Å². The highest BCUT2D eigenvalue weighted by Crippen LogP contribution is 2.19. The molecule has 0 atom stereocenters. The molecule has 1 aliphatic rings. The van der Waals surface area contributed by atoms with E-state index in [-0.39, 0.29) is 24.2 Å². The molecule has 2 N–H and O–H groups in total. The number of hydrogen-bond donors (Lipinski definition) is 1. The van der Waals surface area contributed by atoms with E-state index in [2.05, 4.69) is 24.8 Å². The monoisotopic (exact) mass is 463 g/mol. The lowest BCUT2D eigenvalue weighted by molar-refractivity contribution is -0.137. The highest BCUT2D eigenvalue weighted by molar-refractivity contribution is 5.92. The first kappa shape index (κ1) is 23.1. The summed E-state index contributed by atoms with van der Waals surface area (Å²) in [6.45, 7) is 2.15. The van der Waals surface area contributed by atoms with Crippen LogP contribution in [0.2, 0.25) is 0 Å². The Kier molecular flexibility index (Phi) is 6.93. The number of fused-ring (bicyclic) bond motifs is 1. The Bertz CT molecular complexity index is 1210. The first-order chi connectivity index (χ1) is 16.5. The Morgan fingerprint density at radius 2 is 1.97 bits per heavy atom. The van der Waals surface area contributed by atoms with Gasteiger partial charge in [-0.3, -0.25) is 9.59 Å². The molecule has 34 heavy (non-hydrogen) atoms. The minimum absolute atomic E-state index is 0.0258. The number of piperidine rings is 1. The molecule has 0 saturated carbocycles. The molecular weight excluding hydrogens is 438 g/mol. The zero-order valence-electron chi connectivity index (χ0n) is 18.8. The van der Waals surface area contributed by atoms with Crippen molar-refractivity contribution in [2.24, 2.45) is 5.73 Å². The van der Waals surface area contributed by atoms with Gasteiger partial charge in [-0.05, 0) is 25.0 Å². The summed E-state index contributed by atoms with van der Waals surface area (Å²) in [6, 6.07) is 5.35. The summed E-state index contributed by atoms with van der Waals surface area (Å²) in [4.78, 5) is 44.7. The van der Waals surface area contributed by atoms with E-state index < -0.39 is 5.91 Å². The van der Waals surface area contributed by atoms with Crippen molar-refractivity contribution in [3.05, 3.63) is 42.1 Å². The van der Waals surface area contributed by atoms with Crippen molar-refractivity contribution in [2.75, 3.05) is 38.3 Å². The summed E-state index contributed by atoms with van der Waals surface area (Å²) < 4.78 is 7.36. The highest BCUT2D eigenvalue weighted by atomic mass is 16.5. The summed E-state index contributed by atoms with van der Waals surface area (Å²) in [7, 11) is 1.79. The number of amides is 2. The zero-order chi connectivity index (χ0) is 24.1. The quantitative estimate of drug-likeness (QED) is 0.465. The minimum Gasteiger partial charge on any atom is -0.370 e. The number of carbonyl (C=O) groups is 2. The molecule has 0 unspecified atom stereocenters. The molecule has 2 amide bonds. The summed E-state index contributed by atoms with van der Waals surface area (Å²) in [6.07, 6.45) is 6.23. The van der Waals surface area contributed by atoms with Crippen molar-refractivity contribution in [3.8, 4) is 6.07 Å². The van der Waals surface area contributed by atoms with Crippen LogP contribution in [0.4, 0.5) is 5.95 Å². The molecule has 0 radical (unpaired) electrons. The number of hydrogen-bond acceptors (Lipinski definition) is 9. The number of primary amides is 1. The lowest BCUT2D eigenvalue weighted by Crippen LogP contribution is -2.47. The summed E-state index contributed by atoms with van der Waals surface area (Å²) in [5.74, 6) is -0.0910. The third kappa shape index (κ3) is 5.10. The second-order valence-corrected chi connectivity index (χ2v) is 8.00. The molecule has 0 aromatic carbocycles. The summed E-state index contributed by atoms with van der Waals surface area (Å²) >= 11 is 0. The fraction of sp³-hybridized carbons (Fsp3) is 0.409. The minimum atomic E-state index is -0.602. The molecule has 3 aromatic heterocycles. The molecule has 1 aliphatic heterocycles. The van der Waals surface area contributed by atoms with E-state index in [9.17, 15) is 9.59 Å². The lowest BCUT2D eigenvalue weighted by atomic mass is 10.0. The first-order valence-electron chi connectivity index (χ1n) is 10.9. The molecule has 3 aromatic rings. The lowest BCUT2D eigenvalue weighted by Gasteiger charge is -2.36. The van der Waals surface area contributed by atoms with Gasteiger partial charge in [0.1, 0.15) is 23.9 Å². The first-order valence-corrected chi connectivity index (χ1v) is 10.9. The number of likely N-dealkylation sites (N-methyl/N-ethyl adjacent to an activating group) is 1. The van der Waals surface area contributed by atoms with E-state index in [1.54, 1.807) is 28.9 Å². The summed E-state index contributed by atoms with van der Waals surface area (Å²) in [5, 5.41) is 8.87. The predicted molar refractivity (Wildman–Crippen MR) is 122 cm³/mol. The topological polar surface area (TPSA) is 156 Å². The van der Waals surface area contributed by atoms with E-state index in [1.807, 2.05) is 6.07 Å². The van der Waals surface area contributed by atoms with Crippen LogP contribution in [0.15, 0.2) is 30.9 Å². The normalized spacial score (nSPS) is 14.2. The van der Waals surface area contributed by atoms with Crippen LogP contribution in [-0.4, -0.2) is 80.6 Å². The van der Waals surface area contributed by atoms with E-state index in [0.29, 0.717) is 35.8 Å². The van der Waals surface area contributed by atoms with Gasteiger partial charge in [0, 0.05) is 32.7 Å². The molecule has 4 heterocycles. The molecule has 0 aliphatic carbocycles. The third-order valence-corrected chi connectivity index (χ3v) is 5.87. The Hall–Kier alpha value is -4.11. The number of nitriles is 1. The van der Waals surface area contributed by atoms with Crippen LogP contribution in [-0.2, 0) is 16.1 Å². The molecule has 1 saturated heterocycles. The van der Waals surface area contributed by atoms with Gasteiger partial charge in [-0.1, -0.05) is 0 Å². The van der Waals surface area contributed by atoms with Crippen LogP contribution in [0.25, 0.3) is 11.2 Å². The number of nitrogens with two attached hydrogens (primary N) is 1. The van der Waals surface area contributed by atoms with Crippen molar-refractivity contribution in [1.29, 1.82) is 5.26 Å². The number of pyridine rings is 1. The van der Waals surface area contributed by atoms with E-state index in [0.717, 1.165) is 25.9 Å². The average Bonchev–Trinajstić information content (AvgIpc) is 3.28. The Morgan fingerprint density at radius 3 is 2.65 bits per heavy atom. The van der Waals surface area contributed by atoms with Crippen LogP contribution in [0.5, 0.6) is 0 Å². The number of nitrogens with zero attached hydrogens (tertiary/aromatic N) is 8. The molecular formula is C22H25N9O3. The number of carbonyl (C=O) groups excluding carboxylic acids is 2. The van der Waals surface area contributed by atoms with Gasteiger partial charge in [0.05, 0.1) is 30.9 Å². The second-order valence-electron chi connectivity index (χ2n) is 8.00. The standard InChI is InChI=1S/C22H25N9O3/c1-29(16-4-6-30(7-5-16)22-25-11-15(10-23)12-26-22)19(32)13-34-9-8-31-14-27-18-3-2-17(20(24)33)28-21(18)31/h2-3,11-12,14,16H,4-9,13H2,1H3,(H2,24,33). The van der Waals surface area contributed by atoms with Gasteiger partial charge in [-0.25, -0.2) is 19.9 Å². The van der Waals surface area contributed by atoms with Crippen molar-refractivity contribution in [1.82, 2.24) is 29.4 Å². The van der Waals surface area contributed by atoms with Crippen LogP contribution in [0, 0.1) is 11.3 Å².